The normalized spacial score (nSPS) is 13.5. The smallest absolute Gasteiger partial charge is 0.0465 e. The third-order valence-corrected chi connectivity index (χ3v) is 11.1. The van der Waals surface area contributed by atoms with Gasteiger partial charge in [0, 0.05) is 22.5 Å². The zero-order chi connectivity index (χ0) is 36.1. The topological polar surface area (TPSA) is 3.24 Å². The van der Waals surface area contributed by atoms with Gasteiger partial charge < -0.3 is 4.90 Å². The molecule has 0 atom stereocenters. The number of allylic oxidation sites excluding steroid dienone is 2. The summed E-state index contributed by atoms with van der Waals surface area (Å²) in [6.07, 6.45) is 6.34. The van der Waals surface area contributed by atoms with Crippen LogP contribution in [0, 0.1) is 0 Å². The number of hydrogen-bond acceptors (Lipinski definition) is 1. The van der Waals surface area contributed by atoms with Gasteiger partial charge in [-0.25, -0.2) is 0 Å². The molecule has 0 bridgehead atoms. The summed E-state index contributed by atoms with van der Waals surface area (Å²) in [5.74, 6) is 0. The average molecular weight is 680 g/mol. The zero-order valence-corrected chi connectivity index (χ0v) is 30.5. The standard InChI is InChI=1S/C52H41N/c1-5-6-16-43-35(2)44-31-25-39(33-49(44)46-18-11-10-17-45(43)46)38-23-28-41(29-24-38)53(40-26-21-37(22-27-40)36-14-8-7-9-15-36)42-30-32-48-47-19-12-13-20-50(47)52(3,4)51(48)34-42/h5-34H,2H2,1,3-4H3/b6-5-,43-16+. The third-order valence-electron chi connectivity index (χ3n) is 11.1. The highest BCUT2D eigenvalue weighted by Gasteiger charge is 2.35. The molecule has 8 aromatic carbocycles. The first-order valence-corrected chi connectivity index (χ1v) is 18.5. The molecular formula is C52H41N. The van der Waals surface area contributed by atoms with Crippen molar-refractivity contribution in [2.24, 2.45) is 0 Å². The van der Waals surface area contributed by atoms with E-state index in [-0.39, 0.29) is 5.41 Å². The Hall–Kier alpha value is -6.44. The van der Waals surface area contributed by atoms with Gasteiger partial charge in [-0.2, -0.15) is 0 Å². The monoisotopic (exact) mass is 679 g/mol. The van der Waals surface area contributed by atoms with Crippen molar-refractivity contribution in [1.82, 2.24) is 0 Å². The van der Waals surface area contributed by atoms with Crippen LogP contribution in [0.3, 0.4) is 0 Å². The van der Waals surface area contributed by atoms with Crippen LogP contribution in [0.4, 0.5) is 17.1 Å². The molecule has 1 heteroatoms. The molecule has 0 N–H and O–H groups in total. The van der Waals surface area contributed by atoms with Gasteiger partial charge >= 0.3 is 0 Å². The van der Waals surface area contributed by atoms with Crippen LogP contribution in [0.25, 0.3) is 67.6 Å². The van der Waals surface area contributed by atoms with Gasteiger partial charge in [0.2, 0.25) is 0 Å². The van der Waals surface area contributed by atoms with Crippen molar-refractivity contribution in [3.8, 4) is 33.4 Å². The second kappa shape index (κ2) is 13.0. The second-order valence-electron chi connectivity index (χ2n) is 14.6. The summed E-state index contributed by atoms with van der Waals surface area (Å²) in [5.41, 5.74) is 13.5. The van der Waals surface area contributed by atoms with Crippen LogP contribution in [0.5, 0.6) is 0 Å². The highest BCUT2D eigenvalue weighted by atomic mass is 15.1. The van der Waals surface area contributed by atoms with E-state index in [2.05, 4.69) is 207 Å². The fraction of sp³-hybridized carbons (Fsp3) is 0.0769. The van der Waals surface area contributed by atoms with E-state index in [4.69, 9.17) is 0 Å². The van der Waals surface area contributed by atoms with Gasteiger partial charge in [-0.05, 0) is 126 Å². The van der Waals surface area contributed by atoms with E-state index in [9.17, 15) is 0 Å². The lowest BCUT2D eigenvalue weighted by Gasteiger charge is -2.28. The predicted octanol–water partition coefficient (Wildman–Crippen LogP) is 12.9. The molecule has 9 rings (SSSR count). The summed E-state index contributed by atoms with van der Waals surface area (Å²) in [4.78, 5) is 2.39. The Labute approximate surface area is 312 Å². The van der Waals surface area contributed by atoms with Gasteiger partial charge in [0.25, 0.3) is 0 Å². The van der Waals surface area contributed by atoms with E-state index in [1.807, 2.05) is 6.92 Å². The van der Waals surface area contributed by atoms with E-state index in [1.165, 1.54) is 71.3 Å². The van der Waals surface area contributed by atoms with Crippen LogP contribution in [-0.2, 0) is 5.41 Å². The van der Waals surface area contributed by atoms with E-state index in [0.29, 0.717) is 0 Å². The maximum Gasteiger partial charge on any atom is 0.0465 e. The van der Waals surface area contributed by atoms with Crippen LogP contribution in [0.2, 0.25) is 0 Å². The predicted molar refractivity (Wildman–Crippen MR) is 229 cm³/mol. The Kier molecular flexibility index (Phi) is 7.94. The van der Waals surface area contributed by atoms with Gasteiger partial charge in [-0.15, -0.1) is 0 Å². The van der Waals surface area contributed by atoms with Crippen LogP contribution >= 0.6 is 0 Å². The molecule has 0 saturated carbocycles. The van der Waals surface area contributed by atoms with Crippen molar-refractivity contribution in [1.29, 1.82) is 0 Å². The minimum Gasteiger partial charge on any atom is -0.310 e. The van der Waals surface area contributed by atoms with Gasteiger partial charge in [0.1, 0.15) is 0 Å². The molecule has 0 saturated heterocycles. The number of rotatable bonds is 6. The largest absolute Gasteiger partial charge is 0.310 e. The fourth-order valence-corrected chi connectivity index (χ4v) is 8.37. The van der Waals surface area contributed by atoms with E-state index < -0.39 is 0 Å². The lowest BCUT2D eigenvalue weighted by Crippen LogP contribution is -2.24. The number of nitrogens with zero attached hydrogens (tertiary/aromatic N) is 1. The second-order valence-corrected chi connectivity index (χ2v) is 14.6. The molecule has 0 spiro atoms. The number of fused-ring (bicyclic) bond motifs is 6. The molecule has 1 nitrogen and oxygen atoms in total. The Morgan fingerprint density at radius 3 is 1.75 bits per heavy atom. The Balaban J connectivity index is 1.15. The van der Waals surface area contributed by atoms with Crippen LogP contribution in [-0.4, -0.2) is 0 Å². The summed E-state index contributed by atoms with van der Waals surface area (Å²) in [6, 6.07) is 59.9. The minimum absolute atomic E-state index is 0.0890. The van der Waals surface area contributed by atoms with Gasteiger partial charge in [-0.1, -0.05) is 160 Å². The molecule has 1 aliphatic rings. The lowest BCUT2D eigenvalue weighted by molar-refractivity contribution is 0.660. The highest BCUT2D eigenvalue weighted by molar-refractivity contribution is 6.09. The van der Waals surface area contributed by atoms with Crippen molar-refractivity contribution in [3.05, 3.63) is 198 Å². The van der Waals surface area contributed by atoms with E-state index in [0.717, 1.165) is 22.3 Å². The third kappa shape index (κ3) is 5.48. The molecule has 0 aromatic heterocycles. The maximum absolute atomic E-state index is 4.54. The summed E-state index contributed by atoms with van der Waals surface area (Å²) in [5, 5.41) is 7.13. The van der Waals surface area contributed by atoms with Crippen molar-refractivity contribution in [2.75, 3.05) is 4.90 Å². The number of anilines is 3. The van der Waals surface area contributed by atoms with E-state index in [1.54, 1.807) is 0 Å². The molecule has 53 heavy (non-hydrogen) atoms. The van der Waals surface area contributed by atoms with Gasteiger partial charge in [0.15, 0.2) is 0 Å². The molecule has 8 aromatic rings. The average Bonchev–Trinajstić information content (AvgIpc) is 3.44. The first kappa shape index (κ1) is 32.5. The summed E-state index contributed by atoms with van der Waals surface area (Å²) in [6.45, 7) is 11.3. The summed E-state index contributed by atoms with van der Waals surface area (Å²) in [7, 11) is 0. The minimum atomic E-state index is -0.0890. The fourth-order valence-electron chi connectivity index (χ4n) is 8.37. The molecule has 0 fully saturated rings. The van der Waals surface area contributed by atoms with Crippen molar-refractivity contribution < 1.29 is 0 Å². The van der Waals surface area contributed by atoms with Crippen LogP contribution in [0.15, 0.2) is 176 Å². The summed E-state index contributed by atoms with van der Waals surface area (Å²) >= 11 is 0. The van der Waals surface area contributed by atoms with Crippen molar-refractivity contribution >= 4 is 51.3 Å². The van der Waals surface area contributed by atoms with E-state index >= 15 is 0 Å². The quantitative estimate of drug-likeness (QED) is 0.158. The summed E-state index contributed by atoms with van der Waals surface area (Å²) < 4.78 is 0. The SMILES string of the molecule is C=c1/c(=C\C=C/C)c2ccccc2c2cc(-c3ccc(N(c4ccc(-c5ccccc5)cc4)c4ccc5c(c4)C(C)(C)c4ccccc4-5)cc3)ccc12. The first-order chi connectivity index (χ1) is 25.9. The Morgan fingerprint density at radius 1 is 0.472 bits per heavy atom. The maximum atomic E-state index is 4.54. The molecule has 1 aliphatic carbocycles. The lowest BCUT2D eigenvalue weighted by atomic mass is 9.82. The Bertz CT molecular complexity index is 2810. The molecule has 0 aliphatic heterocycles. The van der Waals surface area contributed by atoms with Crippen molar-refractivity contribution in [2.45, 2.75) is 26.2 Å². The molecular weight excluding hydrogens is 639 g/mol. The van der Waals surface area contributed by atoms with Crippen LogP contribution < -0.4 is 15.3 Å². The van der Waals surface area contributed by atoms with Gasteiger partial charge in [-0.3, -0.25) is 0 Å². The van der Waals surface area contributed by atoms with Gasteiger partial charge in [0.05, 0.1) is 0 Å². The van der Waals surface area contributed by atoms with Crippen LogP contribution in [0.1, 0.15) is 31.9 Å². The zero-order valence-electron chi connectivity index (χ0n) is 30.5. The van der Waals surface area contributed by atoms with Crippen molar-refractivity contribution in [3.63, 3.8) is 0 Å². The molecule has 254 valence electrons. The molecule has 0 amide bonds. The number of hydrogen-bond donors (Lipinski definition) is 0. The molecule has 0 radical (unpaired) electrons. The highest BCUT2D eigenvalue weighted by Crippen LogP contribution is 2.50. The number of benzene rings is 8. The molecule has 0 unspecified atom stereocenters. The molecule has 0 heterocycles. The first-order valence-electron chi connectivity index (χ1n) is 18.5. The Morgan fingerprint density at radius 2 is 1.04 bits per heavy atom.